The smallest absolute Gasteiger partial charge is 0.258 e. The molecule has 21 heavy (non-hydrogen) atoms. The van der Waals surface area contributed by atoms with E-state index in [1.54, 1.807) is 6.20 Å². The fraction of sp³-hybridized carbons (Fsp3) is 0.533. The van der Waals surface area contributed by atoms with E-state index in [0.717, 1.165) is 37.2 Å². The lowest BCUT2D eigenvalue weighted by atomic mass is 9.85. The number of nitrogens with one attached hydrogen (secondary N) is 1. The van der Waals surface area contributed by atoms with Crippen LogP contribution in [0.25, 0.3) is 11.4 Å². The quantitative estimate of drug-likeness (QED) is 0.900. The zero-order chi connectivity index (χ0) is 14.7. The van der Waals surface area contributed by atoms with Gasteiger partial charge in [-0.25, -0.2) is 4.98 Å². The maximum atomic E-state index is 10.6. The van der Waals surface area contributed by atoms with Gasteiger partial charge in [0.25, 0.3) is 5.89 Å². The van der Waals surface area contributed by atoms with Crippen molar-refractivity contribution in [1.29, 1.82) is 0 Å². The second-order valence-corrected chi connectivity index (χ2v) is 5.48. The molecule has 0 amide bonds. The van der Waals surface area contributed by atoms with Crippen molar-refractivity contribution in [2.24, 2.45) is 0 Å². The molecule has 2 aromatic heterocycles. The summed E-state index contributed by atoms with van der Waals surface area (Å²) in [6, 6.07) is 3.77. The lowest BCUT2D eigenvalue weighted by Crippen LogP contribution is -2.28. The van der Waals surface area contributed by atoms with Crippen molar-refractivity contribution in [3.63, 3.8) is 0 Å². The van der Waals surface area contributed by atoms with Gasteiger partial charge in [0, 0.05) is 18.3 Å². The van der Waals surface area contributed by atoms with Crippen molar-refractivity contribution < 1.29 is 9.63 Å². The van der Waals surface area contributed by atoms with Gasteiger partial charge in [-0.2, -0.15) is 4.98 Å². The molecule has 0 radical (unpaired) electrons. The molecule has 112 valence electrons. The van der Waals surface area contributed by atoms with E-state index in [-0.39, 0.29) is 0 Å². The number of aromatic nitrogens is 3. The Bertz CT molecular complexity index is 588. The molecule has 2 aromatic rings. The summed E-state index contributed by atoms with van der Waals surface area (Å²) in [6.45, 7) is 2.84. The molecule has 6 heteroatoms. The van der Waals surface area contributed by atoms with Crippen LogP contribution in [0.4, 0.5) is 5.82 Å². The summed E-state index contributed by atoms with van der Waals surface area (Å²) < 4.78 is 5.28. The van der Waals surface area contributed by atoms with Gasteiger partial charge in [-0.3, -0.25) is 0 Å². The van der Waals surface area contributed by atoms with Gasteiger partial charge in [-0.15, -0.1) is 0 Å². The number of nitrogens with zero attached hydrogens (tertiary/aromatic N) is 3. The Hall–Kier alpha value is -1.95. The number of rotatable bonds is 4. The number of hydrogen-bond acceptors (Lipinski definition) is 6. The highest BCUT2D eigenvalue weighted by Crippen LogP contribution is 2.36. The summed E-state index contributed by atoms with van der Waals surface area (Å²) in [5.74, 6) is 1.61. The van der Waals surface area contributed by atoms with Gasteiger partial charge in [0.1, 0.15) is 11.4 Å². The first-order chi connectivity index (χ1) is 10.2. The van der Waals surface area contributed by atoms with Gasteiger partial charge < -0.3 is 14.9 Å². The minimum absolute atomic E-state index is 0.327. The van der Waals surface area contributed by atoms with Crippen molar-refractivity contribution in [2.75, 3.05) is 11.9 Å². The highest BCUT2D eigenvalue weighted by atomic mass is 16.5. The molecule has 1 saturated carbocycles. The maximum Gasteiger partial charge on any atom is 0.258 e. The van der Waals surface area contributed by atoms with Crippen LogP contribution in [0.1, 0.15) is 44.9 Å². The summed E-state index contributed by atoms with van der Waals surface area (Å²) in [7, 11) is 0. The fourth-order valence-corrected chi connectivity index (χ4v) is 2.69. The standard InChI is InChI=1S/C15H20N4O2/c1-2-16-12-7-6-11(10-17-12)13-18-14(21-19-13)15(20)8-4-3-5-9-15/h6-7,10,20H,2-5,8-9H2,1H3,(H,16,17). The zero-order valence-corrected chi connectivity index (χ0v) is 12.2. The number of anilines is 1. The third-order valence-corrected chi connectivity index (χ3v) is 3.88. The van der Waals surface area contributed by atoms with E-state index in [4.69, 9.17) is 4.52 Å². The lowest BCUT2D eigenvalue weighted by molar-refractivity contribution is -0.0287. The van der Waals surface area contributed by atoms with E-state index in [2.05, 4.69) is 20.4 Å². The van der Waals surface area contributed by atoms with E-state index in [1.165, 1.54) is 0 Å². The Kier molecular flexibility index (Phi) is 3.88. The SMILES string of the molecule is CCNc1ccc(-c2noc(C3(O)CCCCC3)n2)cn1. The molecular formula is C15H20N4O2. The maximum absolute atomic E-state index is 10.6. The van der Waals surface area contributed by atoms with Crippen LogP contribution in [-0.2, 0) is 5.60 Å². The lowest BCUT2D eigenvalue weighted by Gasteiger charge is -2.27. The molecule has 0 atom stereocenters. The number of pyridine rings is 1. The fourth-order valence-electron chi connectivity index (χ4n) is 2.69. The molecule has 0 aromatic carbocycles. The normalized spacial score (nSPS) is 17.6. The number of hydrogen-bond donors (Lipinski definition) is 2. The van der Waals surface area contributed by atoms with Crippen molar-refractivity contribution in [3.8, 4) is 11.4 Å². The monoisotopic (exact) mass is 288 g/mol. The minimum Gasteiger partial charge on any atom is -0.380 e. The third kappa shape index (κ3) is 2.90. The molecule has 1 aliphatic rings. The summed E-state index contributed by atoms with van der Waals surface area (Å²) in [5.41, 5.74) is -0.174. The van der Waals surface area contributed by atoms with Gasteiger partial charge in [-0.05, 0) is 31.9 Å². The summed E-state index contributed by atoms with van der Waals surface area (Å²) in [4.78, 5) is 8.65. The van der Waals surface area contributed by atoms with E-state index >= 15 is 0 Å². The third-order valence-electron chi connectivity index (χ3n) is 3.88. The topological polar surface area (TPSA) is 84.1 Å². The molecule has 0 unspecified atom stereocenters. The van der Waals surface area contributed by atoms with E-state index in [1.807, 2.05) is 19.1 Å². The predicted molar refractivity (Wildman–Crippen MR) is 78.7 cm³/mol. The Morgan fingerprint density at radius 2 is 2.10 bits per heavy atom. The molecule has 2 N–H and O–H groups in total. The molecular weight excluding hydrogens is 268 g/mol. The van der Waals surface area contributed by atoms with Gasteiger partial charge in [-0.1, -0.05) is 24.4 Å². The summed E-state index contributed by atoms with van der Waals surface area (Å²) >= 11 is 0. The number of aliphatic hydroxyl groups is 1. The highest BCUT2D eigenvalue weighted by Gasteiger charge is 2.37. The van der Waals surface area contributed by atoms with Crippen LogP contribution in [0.15, 0.2) is 22.9 Å². The van der Waals surface area contributed by atoms with Crippen LogP contribution in [0.5, 0.6) is 0 Å². The first-order valence-corrected chi connectivity index (χ1v) is 7.48. The van der Waals surface area contributed by atoms with Gasteiger partial charge in [0.2, 0.25) is 5.82 Å². The van der Waals surface area contributed by atoms with Gasteiger partial charge in [0.05, 0.1) is 0 Å². The Labute approximate surface area is 123 Å². The first kappa shape index (κ1) is 14.0. The van der Waals surface area contributed by atoms with E-state index < -0.39 is 5.60 Å². The first-order valence-electron chi connectivity index (χ1n) is 7.48. The van der Waals surface area contributed by atoms with Gasteiger partial charge in [0.15, 0.2) is 0 Å². The molecule has 3 rings (SSSR count). The molecule has 0 aliphatic heterocycles. The predicted octanol–water partition coefficient (Wildman–Crippen LogP) is 2.72. The van der Waals surface area contributed by atoms with Crippen LogP contribution < -0.4 is 5.32 Å². The van der Waals surface area contributed by atoms with Crippen LogP contribution >= 0.6 is 0 Å². The summed E-state index contributed by atoms with van der Waals surface area (Å²) in [5, 5.41) is 17.7. The van der Waals surface area contributed by atoms with Crippen LogP contribution in [0.2, 0.25) is 0 Å². The highest BCUT2D eigenvalue weighted by molar-refractivity contribution is 5.55. The molecule has 1 fully saturated rings. The second kappa shape index (κ2) is 5.81. The van der Waals surface area contributed by atoms with Crippen LogP contribution in [-0.4, -0.2) is 26.8 Å². The molecule has 0 saturated heterocycles. The van der Waals surface area contributed by atoms with Crippen molar-refractivity contribution in [3.05, 3.63) is 24.2 Å². The van der Waals surface area contributed by atoms with E-state index in [0.29, 0.717) is 24.6 Å². The van der Waals surface area contributed by atoms with Crippen LogP contribution in [0, 0.1) is 0 Å². The van der Waals surface area contributed by atoms with Crippen molar-refractivity contribution in [1.82, 2.24) is 15.1 Å². The molecule has 0 bridgehead atoms. The second-order valence-electron chi connectivity index (χ2n) is 5.48. The van der Waals surface area contributed by atoms with Crippen molar-refractivity contribution >= 4 is 5.82 Å². The van der Waals surface area contributed by atoms with Gasteiger partial charge >= 0.3 is 0 Å². The minimum atomic E-state index is -0.958. The Balaban J connectivity index is 1.80. The van der Waals surface area contributed by atoms with E-state index in [9.17, 15) is 5.11 Å². The van der Waals surface area contributed by atoms with Crippen molar-refractivity contribution in [2.45, 2.75) is 44.6 Å². The largest absolute Gasteiger partial charge is 0.380 e. The Morgan fingerprint density at radius 1 is 1.29 bits per heavy atom. The Morgan fingerprint density at radius 3 is 2.76 bits per heavy atom. The molecule has 0 spiro atoms. The molecule has 2 heterocycles. The zero-order valence-electron chi connectivity index (χ0n) is 12.2. The summed E-state index contributed by atoms with van der Waals surface area (Å²) in [6.07, 6.45) is 6.22. The average Bonchev–Trinajstić information content (AvgIpc) is 3.00. The average molecular weight is 288 g/mol. The molecule has 6 nitrogen and oxygen atoms in total. The van der Waals surface area contributed by atoms with Crippen LogP contribution in [0.3, 0.4) is 0 Å². The molecule has 1 aliphatic carbocycles.